The second kappa shape index (κ2) is 9.80. The predicted molar refractivity (Wildman–Crippen MR) is 111 cm³/mol. The molecule has 152 valence electrons. The summed E-state index contributed by atoms with van der Waals surface area (Å²) in [5.74, 6) is 2.00. The number of rotatable bonds is 9. The van der Waals surface area contributed by atoms with Gasteiger partial charge in [-0.25, -0.2) is 9.67 Å². The molecule has 2 aromatic heterocycles. The quantitative estimate of drug-likeness (QED) is 0.620. The van der Waals surface area contributed by atoms with Crippen LogP contribution >= 0.6 is 0 Å². The maximum atomic E-state index is 6.33. The van der Waals surface area contributed by atoms with Crippen LogP contribution in [0.1, 0.15) is 31.5 Å². The first kappa shape index (κ1) is 20.5. The fraction of sp³-hybridized carbons (Fsp3) is 0.571. The van der Waals surface area contributed by atoms with Crippen molar-refractivity contribution in [1.29, 1.82) is 0 Å². The highest BCUT2D eigenvalue weighted by atomic mass is 16.5. The Hall–Kier alpha value is -2.25. The van der Waals surface area contributed by atoms with Gasteiger partial charge in [-0.15, -0.1) is 6.58 Å². The van der Waals surface area contributed by atoms with Crippen LogP contribution in [0.5, 0.6) is 5.88 Å². The number of likely N-dealkylation sites (tertiary alicyclic amines) is 1. The zero-order valence-electron chi connectivity index (χ0n) is 17.3. The van der Waals surface area contributed by atoms with Crippen molar-refractivity contribution in [3.05, 3.63) is 43.0 Å². The molecule has 0 bridgehead atoms. The van der Waals surface area contributed by atoms with E-state index in [1.807, 2.05) is 31.3 Å². The predicted octanol–water partition coefficient (Wildman–Crippen LogP) is 2.71. The van der Waals surface area contributed by atoms with Crippen LogP contribution in [0.25, 0.3) is 5.82 Å². The van der Waals surface area contributed by atoms with Crippen molar-refractivity contribution in [3.63, 3.8) is 0 Å². The van der Waals surface area contributed by atoms with E-state index in [1.54, 1.807) is 10.9 Å². The highest BCUT2D eigenvalue weighted by Gasteiger charge is 2.23. The van der Waals surface area contributed by atoms with Crippen LogP contribution in [0.4, 0.5) is 0 Å². The van der Waals surface area contributed by atoms with Crippen LogP contribution in [-0.4, -0.2) is 75.4 Å². The van der Waals surface area contributed by atoms with E-state index in [0.717, 1.165) is 38.3 Å². The van der Waals surface area contributed by atoms with E-state index >= 15 is 0 Å². The van der Waals surface area contributed by atoms with E-state index < -0.39 is 0 Å². The Morgan fingerprint density at radius 1 is 1.36 bits per heavy atom. The molecule has 0 radical (unpaired) electrons. The maximum Gasteiger partial charge on any atom is 0.219 e. The van der Waals surface area contributed by atoms with E-state index in [2.05, 4.69) is 45.5 Å². The molecule has 1 aliphatic heterocycles. The molecule has 0 N–H and O–H groups in total. The second-order valence-corrected chi connectivity index (χ2v) is 7.64. The molecule has 1 unspecified atom stereocenters. The number of piperidine rings is 1. The van der Waals surface area contributed by atoms with Crippen molar-refractivity contribution in [2.24, 2.45) is 0 Å². The molecule has 1 fully saturated rings. The minimum atomic E-state index is 0.0578. The van der Waals surface area contributed by atoms with Crippen LogP contribution in [0.3, 0.4) is 0 Å². The van der Waals surface area contributed by atoms with Gasteiger partial charge in [0.25, 0.3) is 0 Å². The van der Waals surface area contributed by atoms with Gasteiger partial charge in [0.2, 0.25) is 5.88 Å². The van der Waals surface area contributed by atoms with E-state index in [4.69, 9.17) is 4.74 Å². The van der Waals surface area contributed by atoms with E-state index in [-0.39, 0.29) is 6.10 Å². The lowest BCUT2D eigenvalue weighted by Crippen LogP contribution is -2.45. The summed E-state index contributed by atoms with van der Waals surface area (Å²) >= 11 is 0. The Kier molecular flexibility index (Phi) is 7.17. The molecule has 28 heavy (non-hydrogen) atoms. The number of nitrogens with zero attached hydrogens (tertiary/aromatic N) is 6. The molecule has 0 amide bonds. The summed E-state index contributed by atoms with van der Waals surface area (Å²) in [5, 5.41) is 4.26. The molecule has 1 aliphatic rings. The molecular weight excluding hydrogens is 352 g/mol. The van der Waals surface area contributed by atoms with Crippen LogP contribution in [0, 0.1) is 6.92 Å². The van der Waals surface area contributed by atoms with Crippen molar-refractivity contribution >= 4 is 0 Å². The lowest BCUT2D eigenvalue weighted by molar-refractivity contribution is 0.0850. The Bertz CT molecular complexity index is 739. The summed E-state index contributed by atoms with van der Waals surface area (Å²) in [6, 6.07) is 4.34. The van der Waals surface area contributed by atoms with Gasteiger partial charge in [0, 0.05) is 31.0 Å². The minimum absolute atomic E-state index is 0.0578. The van der Waals surface area contributed by atoms with Crippen LogP contribution in [0.15, 0.2) is 37.2 Å². The first-order chi connectivity index (χ1) is 13.5. The number of hydrogen-bond donors (Lipinski definition) is 0. The van der Waals surface area contributed by atoms with E-state index in [9.17, 15) is 0 Å². The van der Waals surface area contributed by atoms with Crippen molar-refractivity contribution in [2.75, 3.05) is 33.7 Å². The molecule has 0 aromatic carbocycles. The third kappa shape index (κ3) is 5.62. The number of hydrogen-bond acceptors (Lipinski definition) is 6. The number of likely N-dealkylation sites (N-methyl/N-ethyl adjacent to an activating group) is 1. The number of aromatic nitrogens is 4. The monoisotopic (exact) mass is 384 g/mol. The molecule has 7 nitrogen and oxygen atoms in total. The fourth-order valence-corrected chi connectivity index (χ4v) is 3.68. The molecule has 3 heterocycles. The SMILES string of the molecule is C=CCCC(CN(C)C1CCN(C)CC1)Oc1cc(-n2cccn2)nc(C)n1. The average molecular weight is 385 g/mol. The van der Waals surface area contributed by atoms with Gasteiger partial charge < -0.3 is 9.64 Å². The molecular formula is C21H32N6O. The van der Waals surface area contributed by atoms with Gasteiger partial charge in [-0.05, 0) is 65.9 Å². The van der Waals surface area contributed by atoms with Gasteiger partial charge in [0.05, 0.1) is 0 Å². The van der Waals surface area contributed by atoms with Gasteiger partial charge in [0.1, 0.15) is 11.9 Å². The molecule has 2 aromatic rings. The van der Waals surface area contributed by atoms with Crippen molar-refractivity contribution in [1.82, 2.24) is 29.5 Å². The Morgan fingerprint density at radius 2 is 2.14 bits per heavy atom. The summed E-state index contributed by atoms with van der Waals surface area (Å²) in [4.78, 5) is 13.8. The zero-order valence-corrected chi connectivity index (χ0v) is 17.3. The molecule has 1 saturated heterocycles. The summed E-state index contributed by atoms with van der Waals surface area (Å²) < 4.78 is 8.05. The third-order valence-corrected chi connectivity index (χ3v) is 5.32. The molecule has 0 aliphatic carbocycles. The van der Waals surface area contributed by atoms with Gasteiger partial charge in [-0.2, -0.15) is 10.1 Å². The molecule has 0 spiro atoms. The van der Waals surface area contributed by atoms with Gasteiger partial charge in [0.15, 0.2) is 5.82 Å². The molecule has 0 saturated carbocycles. The van der Waals surface area contributed by atoms with Gasteiger partial charge in [-0.1, -0.05) is 6.08 Å². The number of ether oxygens (including phenoxy) is 1. The molecule has 3 rings (SSSR count). The van der Waals surface area contributed by atoms with E-state index in [0.29, 0.717) is 17.7 Å². The standard InChI is InChI=1S/C21H32N6O/c1-5-6-8-19(16-26(4)18-9-13-25(3)14-10-18)28-21-15-20(23-17(2)24-21)27-12-7-11-22-27/h5,7,11-12,15,18-19H,1,6,8-10,13-14,16H2,2-4H3. The zero-order chi connectivity index (χ0) is 19.9. The number of allylic oxidation sites excluding steroid dienone is 1. The highest BCUT2D eigenvalue weighted by molar-refractivity contribution is 5.27. The van der Waals surface area contributed by atoms with Gasteiger partial charge >= 0.3 is 0 Å². The summed E-state index contributed by atoms with van der Waals surface area (Å²) in [6.07, 6.45) is 9.86. The van der Waals surface area contributed by atoms with Crippen molar-refractivity contribution < 1.29 is 4.74 Å². The normalized spacial score (nSPS) is 17.0. The largest absolute Gasteiger partial charge is 0.473 e. The third-order valence-electron chi connectivity index (χ3n) is 5.32. The van der Waals surface area contributed by atoms with Crippen LogP contribution in [-0.2, 0) is 0 Å². The maximum absolute atomic E-state index is 6.33. The smallest absolute Gasteiger partial charge is 0.219 e. The lowest BCUT2D eigenvalue weighted by Gasteiger charge is -2.36. The van der Waals surface area contributed by atoms with Crippen LogP contribution < -0.4 is 4.74 Å². The summed E-state index contributed by atoms with van der Waals surface area (Å²) in [6.45, 7) is 8.94. The van der Waals surface area contributed by atoms with Crippen molar-refractivity contribution in [2.45, 2.75) is 44.8 Å². The topological polar surface area (TPSA) is 59.3 Å². The van der Waals surface area contributed by atoms with E-state index in [1.165, 1.54) is 12.8 Å². The average Bonchev–Trinajstić information content (AvgIpc) is 3.21. The second-order valence-electron chi connectivity index (χ2n) is 7.64. The highest BCUT2D eigenvalue weighted by Crippen LogP contribution is 2.19. The fourth-order valence-electron chi connectivity index (χ4n) is 3.68. The first-order valence-corrected chi connectivity index (χ1v) is 10.1. The number of aryl methyl sites for hydroxylation is 1. The Balaban J connectivity index is 1.69. The molecule has 1 atom stereocenters. The first-order valence-electron chi connectivity index (χ1n) is 10.1. The Labute approximate surface area is 168 Å². The minimum Gasteiger partial charge on any atom is -0.473 e. The molecule has 7 heteroatoms. The van der Waals surface area contributed by atoms with Crippen LogP contribution in [0.2, 0.25) is 0 Å². The summed E-state index contributed by atoms with van der Waals surface area (Å²) in [5.41, 5.74) is 0. The lowest BCUT2D eigenvalue weighted by atomic mass is 10.0. The Morgan fingerprint density at radius 3 is 2.82 bits per heavy atom. The van der Waals surface area contributed by atoms with Gasteiger partial charge in [-0.3, -0.25) is 4.90 Å². The van der Waals surface area contributed by atoms with Crippen molar-refractivity contribution in [3.8, 4) is 11.7 Å². The summed E-state index contributed by atoms with van der Waals surface area (Å²) in [7, 11) is 4.40.